The van der Waals surface area contributed by atoms with E-state index in [0.29, 0.717) is 16.4 Å². The molecule has 84 valence electrons. The van der Waals surface area contributed by atoms with Crippen LogP contribution in [0.15, 0.2) is 11.6 Å². The molecule has 3 rings (SSSR count). The molecule has 3 aliphatic rings. The van der Waals surface area contributed by atoms with Crippen molar-refractivity contribution in [2.24, 2.45) is 17.3 Å². The zero-order chi connectivity index (χ0) is 11.1. The van der Waals surface area contributed by atoms with Crippen molar-refractivity contribution < 1.29 is 4.74 Å². The van der Waals surface area contributed by atoms with Crippen LogP contribution in [0.4, 0.5) is 0 Å². The monoisotopic (exact) mass is 242 g/mol. The molecule has 2 atom stereocenters. The zero-order valence-electron chi connectivity index (χ0n) is 9.32. The van der Waals surface area contributed by atoms with E-state index in [1.807, 2.05) is 0 Å². The van der Waals surface area contributed by atoms with E-state index in [9.17, 15) is 0 Å². The summed E-state index contributed by atoms with van der Waals surface area (Å²) in [5.41, 5.74) is 2.10. The summed E-state index contributed by atoms with van der Waals surface area (Å²) in [6.07, 6.45) is 6.06. The molecule has 0 aromatic heterocycles. The van der Waals surface area contributed by atoms with Crippen molar-refractivity contribution in [3.8, 4) is 0 Å². The van der Waals surface area contributed by atoms with Crippen molar-refractivity contribution in [1.82, 2.24) is 0 Å². The first kappa shape index (κ1) is 11.5. The maximum absolute atomic E-state index is 5.23. The highest BCUT2D eigenvalue weighted by molar-refractivity contribution is 8.10. The smallest absolute Gasteiger partial charge is 0.216 e. The molecule has 0 N–H and O–H groups in total. The Morgan fingerprint density at radius 2 is 2.40 bits per heavy atom. The van der Waals surface area contributed by atoms with Crippen LogP contribution in [0.1, 0.15) is 33.1 Å². The molecular weight excluding hydrogens is 224 g/mol. The highest BCUT2D eigenvalue weighted by Crippen LogP contribution is 2.59. The van der Waals surface area contributed by atoms with Gasteiger partial charge in [-0.2, -0.15) is 0 Å². The Kier molecular flexibility index (Phi) is 3.13. The van der Waals surface area contributed by atoms with Crippen LogP contribution in [0.25, 0.3) is 0 Å². The molecular formula is C12H18OS2. The lowest BCUT2D eigenvalue weighted by atomic mass is 9.48. The Morgan fingerprint density at radius 1 is 1.67 bits per heavy atom. The van der Waals surface area contributed by atoms with Gasteiger partial charge >= 0.3 is 0 Å². The Bertz CT molecular complexity index is 307. The van der Waals surface area contributed by atoms with E-state index in [0.717, 1.165) is 18.3 Å². The number of hydrogen-bond donors (Lipinski definition) is 1. The third-order valence-corrected chi connectivity index (χ3v) is 4.45. The van der Waals surface area contributed by atoms with Crippen molar-refractivity contribution in [2.75, 3.05) is 6.61 Å². The zero-order valence-corrected chi connectivity index (χ0v) is 11.0. The molecule has 3 aliphatic carbocycles. The third-order valence-electron chi connectivity index (χ3n) is 4.20. The van der Waals surface area contributed by atoms with E-state index in [2.05, 4.69) is 32.6 Å². The summed E-state index contributed by atoms with van der Waals surface area (Å²) in [7, 11) is 0. The molecule has 0 unspecified atom stereocenters. The van der Waals surface area contributed by atoms with Gasteiger partial charge in [0.15, 0.2) is 0 Å². The second-order valence-electron chi connectivity index (χ2n) is 5.19. The summed E-state index contributed by atoms with van der Waals surface area (Å²) in [6.45, 7) is 5.47. The van der Waals surface area contributed by atoms with E-state index in [4.69, 9.17) is 17.0 Å². The van der Waals surface area contributed by atoms with Crippen LogP contribution in [0, 0.1) is 17.3 Å². The Balaban J connectivity index is 1.88. The van der Waals surface area contributed by atoms with Crippen LogP contribution in [0.3, 0.4) is 0 Å². The first-order valence-electron chi connectivity index (χ1n) is 5.56. The van der Waals surface area contributed by atoms with E-state index in [-0.39, 0.29) is 0 Å². The second-order valence-corrected chi connectivity index (χ2v) is 6.27. The maximum atomic E-state index is 5.23. The summed E-state index contributed by atoms with van der Waals surface area (Å²) in [5.74, 6) is 1.70. The van der Waals surface area contributed by atoms with Gasteiger partial charge in [0.25, 0.3) is 0 Å². The molecule has 0 aliphatic heterocycles. The minimum atomic E-state index is 0.358. The molecule has 1 fully saturated rings. The van der Waals surface area contributed by atoms with Crippen LogP contribution in [-0.2, 0) is 4.74 Å². The molecule has 3 heteroatoms. The van der Waals surface area contributed by atoms with Crippen LogP contribution < -0.4 is 0 Å². The molecule has 0 aromatic carbocycles. The molecule has 15 heavy (non-hydrogen) atoms. The SMILES string of the molecule is CC1(C)[C@@H]2CC=C(CCOC(=S)S)[C@H]1C2. The minimum absolute atomic E-state index is 0.358. The summed E-state index contributed by atoms with van der Waals surface area (Å²) in [5, 5.41) is 0. The van der Waals surface area contributed by atoms with Gasteiger partial charge in [0.05, 0.1) is 6.61 Å². The predicted molar refractivity (Wildman–Crippen MR) is 70.2 cm³/mol. The summed E-state index contributed by atoms with van der Waals surface area (Å²) >= 11 is 8.72. The van der Waals surface area contributed by atoms with Crippen LogP contribution in [-0.4, -0.2) is 11.0 Å². The number of fused-ring (bicyclic) bond motifs is 1. The van der Waals surface area contributed by atoms with Gasteiger partial charge in [0.2, 0.25) is 4.38 Å². The number of thiol groups is 1. The van der Waals surface area contributed by atoms with Crippen molar-refractivity contribution in [3.63, 3.8) is 0 Å². The van der Waals surface area contributed by atoms with Crippen molar-refractivity contribution in [2.45, 2.75) is 33.1 Å². The fourth-order valence-corrected chi connectivity index (χ4v) is 3.19. The first-order valence-corrected chi connectivity index (χ1v) is 6.42. The average molecular weight is 242 g/mol. The van der Waals surface area contributed by atoms with E-state index in [1.54, 1.807) is 5.57 Å². The molecule has 2 bridgehead atoms. The lowest BCUT2D eigenvalue weighted by Gasteiger charge is -2.56. The van der Waals surface area contributed by atoms with Crippen LogP contribution >= 0.6 is 24.8 Å². The summed E-state index contributed by atoms with van der Waals surface area (Å²) in [4.78, 5) is 0. The lowest BCUT2D eigenvalue weighted by Crippen LogP contribution is -2.48. The number of rotatable bonds is 3. The largest absolute Gasteiger partial charge is 0.478 e. The third kappa shape index (κ3) is 2.09. The van der Waals surface area contributed by atoms with Gasteiger partial charge in [0.1, 0.15) is 0 Å². The molecule has 0 saturated heterocycles. The topological polar surface area (TPSA) is 9.23 Å². The molecule has 0 amide bonds. The molecule has 0 spiro atoms. The van der Waals surface area contributed by atoms with Gasteiger partial charge < -0.3 is 4.74 Å². The van der Waals surface area contributed by atoms with E-state index < -0.39 is 0 Å². The lowest BCUT2D eigenvalue weighted by molar-refractivity contribution is -0.00922. The van der Waals surface area contributed by atoms with Gasteiger partial charge in [-0.3, -0.25) is 0 Å². The molecule has 1 saturated carbocycles. The number of ether oxygens (including phenoxy) is 1. The Hall–Kier alpha value is -0.0200. The summed E-state index contributed by atoms with van der Waals surface area (Å²) < 4.78 is 5.59. The van der Waals surface area contributed by atoms with Gasteiger partial charge in [-0.1, -0.05) is 38.1 Å². The molecule has 0 radical (unpaired) electrons. The first-order chi connectivity index (χ1) is 7.01. The molecule has 1 nitrogen and oxygen atoms in total. The predicted octanol–water partition coefficient (Wildman–Crippen LogP) is 3.60. The van der Waals surface area contributed by atoms with E-state index >= 15 is 0 Å². The fraction of sp³-hybridized carbons (Fsp3) is 0.750. The molecule has 0 heterocycles. The van der Waals surface area contributed by atoms with Crippen molar-refractivity contribution in [1.29, 1.82) is 0 Å². The highest BCUT2D eigenvalue weighted by Gasteiger charge is 2.50. The maximum Gasteiger partial charge on any atom is 0.216 e. The Labute approximate surface area is 103 Å². The summed E-state index contributed by atoms with van der Waals surface area (Å²) in [6, 6.07) is 0. The number of thiocarbonyl (C=S) groups is 1. The normalized spacial score (nSPS) is 31.5. The van der Waals surface area contributed by atoms with Crippen LogP contribution in [0.2, 0.25) is 0 Å². The van der Waals surface area contributed by atoms with Gasteiger partial charge in [0, 0.05) is 6.42 Å². The molecule has 0 aromatic rings. The van der Waals surface area contributed by atoms with Gasteiger partial charge in [-0.15, -0.1) is 0 Å². The minimum Gasteiger partial charge on any atom is -0.478 e. The van der Waals surface area contributed by atoms with Gasteiger partial charge in [-0.05, 0) is 42.3 Å². The van der Waals surface area contributed by atoms with E-state index in [1.165, 1.54) is 12.8 Å². The van der Waals surface area contributed by atoms with Crippen LogP contribution in [0.5, 0.6) is 0 Å². The quantitative estimate of drug-likeness (QED) is 0.460. The highest BCUT2D eigenvalue weighted by atomic mass is 32.1. The Morgan fingerprint density at radius 3 is 2.93 bits per heavy atom. The number of allylic oxidation sites excluding steroid dienone is 1. The fourth-order valence-electron chi connectivity index (χ4n) is 3.01. The number of hydrogen-bond acceptors (Lipinski definition) is 2. The standard InChI is InChI=1S/C12H18OS2/c1-12(2)9-4-3-8(10(12)7-9)5-6-13-11(14)15/h3,9-10H,4-7H2,1-2H3,(H,14,15)/t9-,10-/m1/s1. The van der Waals surface area contributed by atoms with Gasteiger partial charge in [-0.25, -0.2) is 0 Å². The van der Waals surface area contributed by atoms with Crippen molar-refractivity contribution in [3.05, 3.63) is 11.6 Å². The average Bonchev–Trinajstić information content (AvgIpc) is 2.17. The van der Waals surface area contributed by atoms with Crippen molar-refractivity contribution >= 4 is 29.2 Å². The second kappa shape index (κ2) is 4.10.